The molecule has 0 aliphatic heterocycles. The molecule has 1 atom stereocenters. The van der Waals surface area contributed by atoms with Gasteiger partial charge in [0.05, 0.1) is 26.4 Å². The Balaban J connectivity index is 2.72. The molecule has 1 unspecified atom stereocenters. The van der Waals surface area contributed by atoms with Gasteiger partial charge in [-0.15, -0.1) is 0 Å². The fourth-order valence-electron chi connectivity index (χ4n) is 1.48. The van der Waals surface area contributed by atoms with Crippen LogP contribution in [0.25, 0.3) is 0 Å². The Morgan fingerprint density at radius 2 is 2.26 bits per heavy atom. The van der Waals surface area contributed by atoms with Gasteiger partial charge in [0.2, 0.25) is 0 Å². The van der Waals surface area contributed by atoms with Crippen LogP contribution in [-0.4, -0.2) is 42.3 Å². The van der Waals surface area contributed by atoms with Gasteiger partial charge >= 0.3 is 0 Å². The van der Waals surface area contributed by atoms with Crippen LogP contribution in [-0.2, 0) is 5.75 Å². The number of benzene rings is 1. The van der Waals surface area contributed by atoms with E-state index in [0.29, 0.717) is 18.1 Å². The van der Waals surface area contributed by atoms with Crippen LogP contribution < -0.4 is 10.5 Å². The molecule has 0 amide bonds. The molecule has 19 heavy (non-hydrogen) atoms. The van der Waals surface area contributed by atoms with Crippen molar-refractivity contribution in [1.82, 2.24) is 0 Å². The first kappa shape index (κ1) is 15.9. The third kappa shape index (κ3) is 5.53. The predicted molar refractivity (Wildman–Crippen MR) is 78.2 cm³/mol. The largest absolute Gasteiger partial charge is 0.496 e. The number of ether oxygens (including phenoxy) is 1. The lowest BCUT2D eigenvalue weighted by molar-refractivity contribution is 0.113. The van der Waals surface area contributed by atoms with Crippen LogP contribution in [0.15, 0.2) is 18.2 Å². The summed E-state index contributed by atoms with van der Waals surface area (Å²) in [6.07, 6.45) is -0.684. The smallest absolute Gasteiger partial charge is 0.122 e. The number of aliphatic hydroxyl groups excluding tert-OH is 2. The molecule has 0 fully saturated rings. The summed E-state index contributed by atoms with van der Waals surface area (Å²) in [6, 6.07) is 5.72. The second-order valence-corrected chi connectivity index (χ2v) is 4.91. The molecule has 0 radical (unpaired) electrons. The highest BCUT2D eigenvalue weighted by Gasteiger charge is 2.06. The van der Waals surface area contributed by atoms with Gasteiger partial charge in [-0.2, -0.15) is 11.8 Å². The van der Waals surface area contributed by atoms with Gasteiger partial charge in [0, 0.05) is 22.6 Å². The van der Waals surface area contributed by atoms with E-state index in [2.05, 4.69) is 11.8 Å². The Bertz CT molecular complexity index is 454. The number of rotatable bonds is 6. The number of nitrogens with two attached hydrogens (primary N) is 1. The Morgan fingerprint density at radius 3 is 2.89 bits per heavy atom. The number of methoxy groups -OCH3 is 1. The predicted octanol–water partition coefficient (Wildman–Crippen LogP) is 0.592. The van der Waals surface area contributed by atoms with Crippen molar-refractivity contribution in [2.75, 3.05) is 26.0 Å². The van der Waals surface area contributed by atoms with E-state index in [0.717, 1.165) is 16.9 Å². The third-order valence-corrected chi connectivity index (χ3v) is 3.53. The van der Waals surface area contributed by atoms with Gasteiger partial charge in [0.25, 0.3) is 0 Å². The molecule has 0 heterocycles. The summed E-state index contributed by atoms with van der Waals surface area (Å²) in [5.74, 6) is 7.76. The van der Waals surface area contributed by atoms with E-state index in [1.807, 2.05) is 18.2 Å². The average molecular weight is 281 g/mol. The third-order valence-electron chi connectivity index (χ3n) is 2.39. The Morgan fingerprint density at radius 1 is 1.47 bits per heavy atom. The summed E-state index contributed by atoms with van der Waals surface area (Å²) < 4.78 is 5.29. The van der Waals surface area contributed by atoms with Crippen LogP contribution in [0, 0.1) is 11.8 Å². The zero-order valence-electron chi connectivity index (χ0n) is 10.9. The summed E-state index contributed by atoms with van der Waals surface area (Å²) >= 11 is 1.54. The summed E-state index contributed by atoms with van der Waals surface area (Å²) in [5.41, 5.74) is 7.25. The van der Waals surface area contributed by atoms with Crippen molar-refractivity contribution < 1.29 is 14.9 Å². The molecule has 5 heteroatoms. The molecule has 4 N–H and O–H groups in total. The fourth-order valence-corrected chi connectivity index (χ4v) is 2.42. The summed E-state index contributed by atoms with van der Waals surface area (Å²) in [5, 5.41) is 18.1. The van der Waals surface area contributed by atoms with Gasteiger partial charge in [-0.25, -0.2) is 0 Å². The highest BCUT2D eigenvalue weighted by Crippen LogP contribution is 2.24. The molecule has 1 aromatic rings. The van der Waals surface area contributed by atoms with Crippen LogP contribution in [0.4, 0.5) is 0 Å². The van der Waals surface area contributed by atoms with Gasteiger partial charge in [0.15, 0.2) is 0 Å². The number of thioether (sulfide) groups is 1. The second kappa shape index (κ2) is 8.83. The van der Waals surface area contributed by atoms with E-state index in [9.17, 15) is 5.11 Å². The highest BCUT2D eigenvalue weighted by atomic mass is 32.2. The molecule has 0 saturated heterocycles. The average Bonchev–Trinajstić information content (AvgIpc) is 2.45. The minimum atomic E-state index is -0.684. The molecule has 0 saturated carbocycles. The minimum Gasteiger partial charge on any atom is -0.496 e. The first-order valence-corrected chi connectivity index (χ1v) is 7.09. The molecule has 0 aliphatic carbocycles. The zero-order valence-corrected chi connectivity index (χ0v) is 11.7. The molecule has 4 nitrogen and oxygen atoms in total. The fraction of sp³-hybridized carbons (Fsp3) is 0.429. The Hall–Kier alpha value is -1.19. The lowest BCUT2D eigenvalue weighted by Crippen LogP contribution is -2.14. The lowest BCUT2D eigenvalue weighted by Gasteiger charge is -2.10. The SMILES string of the molecule is COc1ccc(C#CCN)cc1CSCC(O)CO. The van der Waals surface area contributed by atoms with E-state index in [-0.39, 0.29) is 6.61 Å². The first-order valence-electron chi connectivity index (χ1n) is 5.93. The summed E-state index contributed by atoms with van der Waals surface area (Å²) in [6.45, 7) is 0.116. The molecular weight excluding hydrogens is 262 g/mol. The Kier molecular flexibility index (Phi) is 7.38. The maximum atomic E-state index is 9.29. The van der Waals surface area contributed by atoms with E-state index in [1.165, 1.54) is 11.8 Å². The molecule has 104 valence electrons. The lowest BCUT2D eigenvalue weighted by atomic mass is 10.1. The second-order valence-electron chi connectivity index (χ2n) is 3.88. The van der Waals surface area contributed by atoms with Crippen molar-refractivity contribution in [3.05, 3.63) is 29.3 Å². The molecule has 1 aromatic carbocycles. The minimum absolute atomic E-state index is 0.216. The zero-order chi connectivity index (χ0) is 14.1. The standard InChI is InChI=1S/C14H19NO3S/c1-18-14-5-4-11(3-2-6-15)7-12(14)9-19-10-13(17)8-16/h4-5,7,13,16-17H,6,8-10,15H2,1H3. The molecule has 0 aromatic heterocycles. The van der Waals surface area contributed by atoms with E-state index in [4.69, 9.17) is 15.6 Å². The molecule has 0 bridgehead atoms. The number of hydrogen-bond acceptors (Lipinski definition) is 5. The molecule has 0 spiro atoms. The van der Waals surface area contributed by atoms with Gasteiger partial charge in [0.1, 0.15) is 5.75 Å². The molecule has 1 rings (SSSR count). The monoisotopic (exact) mass is 281 g/mol. The maximum Gasteiger partial charge on any atom is 0.122 e. The summed E-state index contributed by atoms with van der Waals surface area (Å²) in [4.78, 5) is 0. The van der Waals surface area contributed by atoms with Gasteiger partial charge in [-0.05, 0) is 18.2 Å². The molecule has 0 aliphatic rings. The van der Waals surface area contributed by atoms with Crippen LogP contribution in [0.2, 0.25) is 0 Å². The van der Waals surface area contributed by atoms with Gasteiger partial charge < -0.3 is 20.7 Å². The number of hydrogen-bond donors (Lipinski definition) is 3. The highest BCUT2D eigenvalue weighted by molar-refractivity contribution is 7.98. The van der Waals surface area contributed by atoms with Crippen LogP contribution in [0.3, 0.4) is 0 Å². The van der Waals surface area contributed by atoms with Crippen molar-refractivity contribution in [3.8, 4) is 17.6 Å². The van der Waals surface area contributed by atoms with Gasteiger partial charge in [-0.3, -0.25) is 0 Å². The van der Waals surface area contributed by atoms with Crippen molar-refractivity contribution >= 4 is 11.8 Å². The van der Waals surface area contributed by atoms with E-state index < -0.39 is 6.10 Å². The first-order chi connectivity index (χ1) is 9.21. The van der Waals surface area contributed by atoms with E-state index in [1.54, 1.807) is 7.11 Å². The summed E-state index contributed by atoms with van der Waals surface area (Å²) in [7, 11) is 1.62. The number of aliphatic hydroxyl groups is 2. The van der Waals surface area contributed by atoms with Gasteiger partial charge in [-0.1, -0.05) is 11.8 Å². The van der Waals surface area contributed by atoms with Crippen LogP contribution in [0.5, 0.6) is 5.75 Å². The van der Waals surface area contributed by atoms with Crippen molar-refractivity contribution in [2.24, 2.45) is 5.73 Å². The Labute approximate surface area is 118 Å². The van der Waals surface area contributed by atoms with E-state index >= 15 is 0 Å². The normalized spacial score (nSPS) is 11.6. The molecular formula is C14H19NO3S. The van der Waals surface area contributed by atoms with Crippen LogP contribution in [0.1, 0.15) is 11.1 Å². The maximum absolute atomic E-state index is 9.29. The van der Waals surface area contributed by atoms with Crippen molar-refractivity contribution in [2.45, 2.75) is 11.9 Å². The van der Waals surface area contributed by atoms with Crippen LogP contribution >= 0.6 is 11.8 Å². The quantitative estimate of drug-likeness (QED) is 0.666. The van der Waals surface area contributed by atoms with Crippen molar-refractivity contribution in [3.63, 3.8) is 0 Å². The van der Waals surface area contributed by atoms with Crippen molar-refractivity contribution in [1.29, 1.82) is 0 Å². The topological polar surface area (TPSA) is 75.7 Å².